The van der Waals surface area contributed by atoms with Gasteiger partial charge in [-0.15, -0.1) is 11.3 Å². The molecule has 0 aliphatic rings. The standard InChI is InChI=1S/C15H16N2OS/c1-10-13-5-3-4-6-14(13)18-15(10)11(2)17-8-12-7-16-9-19-12/h3-7,9,11,17H,8H2,1-2H3. The quantitative estimate of drug-likeness (QED) is 0.778. The van der Waals surface area contributed by atoms with E-state index in [1.165, 1.54) is 15.8 Å². The van der Waals surface area contributed by atoms with Crippen molar-refractivity contribution < 1.29 is 4.42 Å². The molecule has 1 atom stereocenters. The molecule has 2 aromatic heterocycles. The van der Waals surface area contributed by atoms with Crippen molar-refractivity contribution in [3.63, 3.8) is 0 Å². The Morgan fingerprint density at radius 3 is 2.95 bits per heavy atom. The van der Waals surface area contributed by atoms with E-state index in [4.69, 9.17) is 4.42 Å². The number of thiazole rings is 1. The lowest BCUT2D eigenvalue weighted by atomic mass is 10.1. The molecule has 3 rings (SSSR count). The summed E-state index contributed by atoms with van der Waals surface area (Å²) in [7, 11) is 0. The predicted octanol–water partition coefficient (Wildman–Crippen LogP) is 4.05. The number of nitrogens with one attached hydrogen (secondary N) is 1. The van der Waals surface area contributed by atoms with Gasteiger partial charge >= 0.3 is 0 Å². The molecule has 0 saturated heterocycles. The van der Waals surface area contributed by atoms with Gasteiger partial charge in [-0.05, 0) is 25.5 Å². The van der Waals surface area contributed by atoms with Crippen molar-refractivity contribution in [3.05, 3.63) is 52.2 Å². The van der Waals surface area contributed by atoms with E-state index in [9.17, 15) is 0 Å². The van der Waals surface area contributed by atoms with Crippen LogP contribution in [0.15, 0.2) is 40.4 Å². The molecule has 0 amide bonds. The maximum absolute atomic E-state index is 5.96. The molecule has 2 heterocycles. The lowest BCUT2D eigenvalue weighted by Gasteiger charge is -2.11. The molecule has 1 aromatic carbocycles. The Labute approximate surface area is 116 Å². The molecule has 0 radical (unpaired) electrons. The Kier molecular flexibility index (Phi) is 3.36. The van der Waals surface area contributed by atoms with Gasteiger partial charge < -0.3 is 9.73 Å². The third kappa shape index (κ3) is 2.41. The zero-order chi connectivity index (χ0) is 13.2. The second-order valence-corrected chi connectivity index (χ2v) is 5.63. The molecule has 3 nitrogen and oxygen atoms in total. The highest BCUT2D eigenvalue weighted by molar-refractivity contribution is 7.09. The molecule has 0 aliphatic carbocycles. The first-order chi connectivity index (χ1) is 9.25. The normalized spacial score (nSPS) is 12.9. The van der Waals surface area contributed by atoms with Crippen molar-refractivity contribution in [2.75, 3.05) is 0 Å². The third-order valence-electron chi connectivity index (χ3n) is 3.34. The van der Waals surface area contributed by atoms with E-state index in [1.54, 1.807) is 11.3 Å². The van der Waals surface area contributed by atoms with Crippen molar-refractivity contribution in [3.8, 4) is 0 Å². The van der Waals surface area contributed by atoms with Crippen LogP contribution in [0.4, 0.5) is 0 Å². The molecule has 1 unspecified atom stereocenters. The van der Waals surface area contributed by atoms with E-state index in [0.717, 1.165) is 17.9 Å². The smallest absolute Gasteiger partial charge is 0.134 e. The summed E-state index contributed by atoms with van der Waals surface area (Å²) in [6.45, 7) is 5.07. The molecular weight excluding hydrogens is 256 g/mol. The molecular formula is C15H16N2OS. The first-order valence-electron chi connectivity index (χ1n) is 6.34. The summed E-state index contributed by atoms with van der Waals surface area (Å²) >= 11 is 1.67. The van der Waals surface area contributed by atoms with E-state index >= 15 is 0 Å². The molecule has 19 heavy (non-hydrogen) atoms. The highest BCUT2D eigenvalue weighted by Crippen LogP contribution is 2.29. The summed E-state index contributed by atoms with van der Waals surface area (Å²) < 4.78 is 5.96. The second kappa shape index (κ2) is 5.15. The van der Waals surface area contributed by atoms with Gasteiger partial charge in [0, 0.05) is 23.0 Å². The topological polar surface area (TPSA) is 38.1 Å². The SMILES string of the molecule is Cc1c(C(C)NCc2cncs2)oc2ccccc12. The number of hydrogen-bond acceptors (Lipinski definition) is 4. The van der Waals surface area contributed by atoms with Crippen LogP contribution in [0.2, 0.25) is 0 Å². The van der Waals surface area contributed by atoms with Gasteiger partial charge in [-0.3, -0.25) is 4.98 Å². The van der Waals surface area contributed by atoms with Crippen LogP contribution in [0.3, 0.4) is 0 Å². The second-order valence-electron chi connectivity index (χ2n) is 4.66. The number of rotatable bonds is 4. The van der Waals surface area contributed by atoms with Crippen LogP contribution >= 0.6 is 11.3 Å². The van der Waals surface area contributed by atoms with Crippen LogP contribution in [0.5, 0.6) is 0 Å². The highest BCUT2D eigenvalue weighted by atomic mass is 32.1. The van der Waals surface area contributed by atoms with Gasteiger partial charge in [0.15, 0.2) is 0 Å². The Bertz CT molecular complexity index is 673. The van der Waals surface area contributed by atoms with Crippen molar-refractivity contribution in [1.29, 1.82) is 0 Å². The zero-order valence-electron chi connectivity index (χ0n) is 11.0. The third-order valence-corrected chi connectivity index (χ3v) is 4.12. The van der Waals surface area contributed by atoms with Crippen molar-refractivity contribution in [2.45, 2.75) is 26.4 Å². The zero-order valence-corrected chi connectivity index (χ0v) is 11.8. The summed E-state index contributed by atoms with van der Waals surface area (Å²) in [6.07, 6.45) is 1.90. The minimum absolute atomic E-state index is 0.189. The Morgan fingerprint density at radius 1 is 1.37 bits per heavy atom. The molecule has 0 fully saturated rings. The van der Waals surface area contributed by atoms with Crippen molar-refractivity contribution in [2.24, 2.45) is 0 Å². The molecule has 3 aromatic rings. The summed E-state index contributed by atoms with van der Waals surface area (Å²) in [5.74, 6) is 1.02. The molecule has 0 spiro atoms. The van der Waals surface area contributed by atoms with Crippen LogP contribution in [0.1, 0.15) is 29.2 Å². The minimum atomic E-state index is 0.189. The average molecular weight is 272 g/mol. The number of para-hydroxylation sites is 1. The minimum Gasteiger partial charge on any atom is -0.459 e. The van der Waals surface area contributed by atoms with Gasteiger partial charge in [0.2, 0.25) is 0 Å². The number of aromatic nitrogens is 1. The Hall–Kier alpha value is -1.65. The van der Waals surface area contributed by atoms with Gasteiger partial charge in [0.1, 0.15) is 11.3 Å². The van der Waals surface area contributed by atoms with Crippen LogP contribution in [-0.2, 0) is 6.54 Å². The average Bonchev–Trinajstić information content (AvgIpc) is 3.05. The fraction of sp³-hybridized carbons (Fsp3) is 0.267. The predicted molar refractivity (Wildman–Crippen MR) is 78.3 cm³/mol. The fourth-order valence-electron chi connectivity index (χ4n) is 2.28. The van der Waals surface area contributed by atoms with Gasteiger partial charge in [-0.2, -0.15) is 0 Å². The lowest BCUT2D eigenvalue weighted by molar-refractivity contribution is 0.449. The number of benzene rings is 1. The molecule has 4 heteroatoms. The largest absolute Gasteiger partial charge is 0.459 e. The first-order valence-corrected chi connectivity index (χ1v) is 7.22. The van der Waals surface area contributed by atoms with Gasteiger partial charge in [0.05, 0.1) is 11.6 Å². The lowest BCUT2D eigenvalue weighted by Crippen LogP contribution is -2.17. The number of fused-ring (bicyclic) bond motifs is 1. The van der Waals surface area contributed by atoms with Crippen molar-refractivity contribution >= 4 is 22.3 Å². The van der Waals surface area contributed by atoms with E-state index in [0.29, 0.717) is 0 Å². The summed E-state index contributed by atoms with van der Waals surface area (Å²) in [5, 5.41) is 4.68. The maximum Gasteiger partial charge on any atom is 0.134 e. The molecule has 98 valence electrons. The monoisotopic (exact) mass is 272 g/mol. The van der Waals surface area contributed by atoms with E-state index in [-0.39, 0.29) is 6.04 Å². The molecule has 0 bridgehead atoms. The summed E-state index contributed by atoms with van der Waals surface area (Å²) in [4.78, 5) is 5.32. The Morgan fingerprint density at radius 2 is 2.21 bits per heavy atom. The maximum atomic E-state index is 5.96. The van der Waals surface area contributed by atoms with E-state index in [2.05, 4.69) is 30.2 Å². The van der Waals surface area contributed by atoms with Crippen LogP contribution in [0, 0.1) is 6.92 Å². The van der Waals surface area contributed by atoms with Crippen LogP contribution in [0.25, 0.3) is 11.0 Å². The van der Waals surface area contributed by atoms with Crippen LogP contribution < -0.4 is 5.32 Å². The number of hydrogen-bond donors (Lipinski definition) is 1. The summed E-state index contributed by atoms with van der Waals surface area (Å²) in [5.41, 5.74) is 4.04. The number of furan rings is 1. The van der Waals surface area contributed by atoms with E-state index < -0.39 is 0 Å². The first kappa shape index (κ1) is 12.4. The summed E-state index contributed by atoms with van der Waals surface area (Å²) in [6, 6.07) is 8.36. The fourth-order valence-corrected chi connectivity index (χ4v) is 2.83. The Balaban J connectivity index is 1.81. The molecule has 0 aliphatic heterocycles. The van der Waals surface area contributed by atoms with E-state index in [1.807, 2.05) is 29.9 Å². The highest BCUT2D eigenvalue weighted by Gasteiger charge is 2.15. The van der Waals surface area contributed by atoms with Gasteiger partial charge in [-0.25, -0.2) is 0 Å². The number of nitrogens with zero attached hydrogens (tertiary/aromatic N) is 1. The molecule has 0 saturated carbocycles. The van der Waals surface area contributed by atoms with Gasteiger partial charge in [0.25, 0.3) is 0 Å². The van der Waals surface area contributed by atoms with Crippen molar-refractivity contribution in [1.82, 2.24) is 10.3 Å². The number of aryl methyl sites for hydroxylation is 1. The molecule has 1 N–H and O–H groups in total. The van der Waals surface area contributed by atoms with Crippen LogP contribution in [-0.4, -0.2) is 4.98 Å². The van der Waals surface area contributed by atoms with Gasteiger partial charge in [-0.1, -0.05) is 18.2 Å².